The number of nitrogens with zero attached hydrogens (tertiary/aromatic N) is 1. The SMILES string of the molecule is CC1(C)CC(OC=C2C(=O)NC3C=CCC23)N(c2ccccc2)C1=O. The number of nitrogens with one attached hydrogen (secondary N) is 1. The highest BCUT2D eigenvalue weighted by Gasteiger charge is 2.47. The third kappa shape index (κ3) is 2.64. The Morgan fingerprint density at radius 1 is 1.24 bits per heavy atom. The number of allylic oxidation sites excluding steroid dienone is 1. The number of ether oxygens (including phenoxy) is 1. The van der Waals surface area contributed by atoms with Crippen molar-refractivity contribution in [1.82, 2.24) is 5.32 Å². The summed E-state index contributed by atoms with van der Waals surface area (Å²) in [5, 5.41) is 2.95. The molecule has 3 unspecified atom stereocenters. The molecule has 4 rings (SSSR count). The molecule has 0 radical (unpaired) electrons. The fourth-order valence-electron chi connectivity index (χ4n) is 3.87. The molecule has 3 atom stereocenters. The quantitative estimate of drug-likeness (QED) is 0.524. The van der Waals surface area contributed by atoms with Gasteiger partial charge in [-0.1, -0.05) is 44.2 Å². The first-order chi connectivity index (χ1) is 12.0. The van der Waals surface area contributed by atoms with Crippen LogP contribution in [0.5, 0.6) is 0 Å². The molecule has 1 aromatic rings. The fraction of sp³-hybridized carbons (Fsp3) is 0.400. The minimum atomic E-state index is -0.492. The van der Waals surface area contributed by atoms with E-state index in [4.69, 9.17) is 4.74 Å². The molecule has 2 fully saturated rings. The normalized spacial score (nSPS) is 31.5. The molecule has 25 heavy (non-hydrogen) atoms. The third-order valence-corrected chi connectivity index (χ3v) is 5.28. The van der Waals surface area contributed by atoms with E-state index >= 15 is 0 Å². The highest BCUT2D eigenvalue weighted by atomic mass is 16.5. The van der Waals surface area contributed by atoms with Gasteiger partial charge in [0.2, 0.25) is 5.91 Å². The van der Waals surface area contributed by atoms with Crippen LogP contribution in [0.25, 0.3) is 0 Å². The average Bonchev–Trinajstić information content (AvgIpc) is 3.20. The molecule has 0 bridgehead atoms. The lowest BCUT2D eigenvalue weighted by molar-refractivity contribution is -0.124. The van der Waals surface area contributed by atoms with Crippen LogP contribution >= 0.6 is 0 Å². The van der Waals surface area contributed by atoms with Crippen molar-refractivity contribution in [3.8, 4) is 0 Å². The van der Waals surface area contributed by atoms with Crippen LogP contribution in [0.1, 0.15) is 26.7 Å². The van der Waals surface area contributed by atoms with Crippen molar-refractivity contribution in [2.24, 2.45) is 11.3 Å². The molecule has 2 aliphatic heterocycles. The van der Waals surface area contributed by atoms with Crippen LogP contribution in [0, 0.1) is 11.3 Å². The Bertz CT molecular complexity index is 766. The molecule has 2 saturated heterocycles. The Morgan fingerprint density at radius 2 is 2.00 bits per heavy atom. The van der Waals surface area contributed by atoms with Gasteiger partial charge in [0, 0.05) is 23.4 Å². The first-order valence-electron chi connectivity index (χ1n) is 8.69. The minimum absolute atomic E-state index is 0.0402. The zero-order chi connectivity index (χ0) is 17.6. The summed E-state index contributed by atoms with van der Waals surface area (Å²) in [6.07, 6.45) is 6.71. The van der Waals surface area contributed by atoms with Crippen molar-refractivity contribution < 1.29 is 14.3 Å². The first kappa shape index (κ1) is 15.9. The predicted molar refractivity (Wildman–Crippen MR) is 94.5 cm³/mol. The monoisotopic (exact) mass is 338 g/mol. The summed E-state index contributed by atoms with van der Waals surface area (Å²) in [5.74, 6) is 0.107. The van der Waals surface area contributed by atoms with Crippen LogP contribution in [0.3, 0.4) is 0 Å². The predicted octanol–water partition coefficient (Wildman–Crippen LogP) is 2.75. The molecule has 2 heterocycles. The van der Waals surface area contributed by atoms with Crippen molar-refractivity contribution in [3.63, 3.8) is 0 Å². The van der Waals surface area contributed by atoms with Gasteiger partial charge in [-0.15, -0.1) is 0 Å². The molecule has 130 valence electrons. The molecule has 5 heteroatoms. The van der Waals surface area contributed by atoms with Crippen molar-refractivity contribution in [2.45, 2.75) is 39.0 Å². The van der Waals surface area contributed by atoms with E-state index in [9.17, 15) is 9.59 Å². The highest BCUT2D eigenvalue weighted by molar-refractivity contribution is 6.00. The van der Waals surface area contributed by atoms with Gasteiger partial charge in [0.15, 0.2) is 6.23 Å². The van der Waals surface area contributed by atoms with Gasteiger partial charge in [-0.2, -0.15) is 0 Å². The van der Waals surface area contributed by atoms with Crippen LogP contribution in [0.4, 0.5) is 5.69 Å². The number of hydrogen-bond acceptors (Lipinski definition) is 3. The zero-order valence-electron chi connectivity index (χ0n) is 14.4. The van der Waals surface area contributed by atoms with Gasteiger partial charge in [-0.25, -0.2) is 0 Å². The molecular weight excluding hydrogens is 316 g/mol. The third-order valence-electron chi connectivity index (χ3n) is 5.28. The van der Waals surface area contributed by atoms with Gasteiger partial charge in [-0.3, -0.25) is 14.5 Å². The van der Waals surface area contributed by atoms with Gasteiger partial charge in [0.25, 0.3) is 5.91 Å². The lowest BCUT2D eigenvalue weighted by Gasteiger charge is -2.24. The zero-order valence-corrected chi connectivity index (χ0v) is 14.4. The van der Waals surface area contributed by atoms with Gasteiger partial charge >= 0.3 is 0 Å². The van der Waals surface area contributed by atoms with Crippen molar-refractivity contribution in [3.05, 3.63) is 54.3 Å². The highest BCUT2D eigenvalue weighted by Crippen LogP contribution is 2.40. The number of hydrogen-bond donors (Lipinski definition) is 1. The van der Waals surface area contributed by atoms with Crippen molar-refractivity contribution in [1.29, 1.82) is 0 Å². The molecule has 0 spiro atoms. The Labute approximate surface area is 147 Å². The lowest BCUT2D eigenvalue weighted by Crippen LogP contribution is -2.36. The van der Waals surface area contributed by atoms with Crippen LogP contribution in [-0.4, -0.2) is 24.1 Å². The number of benzene rings is 1. The maximum Gasteiger partial charge on any atom is 0.251 e. The van der Waals surface area contributed by atoms with E-state index in [1.54, 1.807) is 11.2 Å². The van der Waals surface area contributed by atoms with E-state index in [1.165, 1.54) is 0 Å². The second kappa shape index (κ2) is 5.76. The molecule has 1 aliphatic carbocycles. The van der Waals surface area contributed by atoms with Gasteiger partial charge in [-0.05, 0) is 18.6 Å². The summed E-state index contributed by atoms with van der Waals surface area (Å²) in [6, 6.07) is 9.62. The summed E-state index contributed by atoms with van der Waals surface area (Å²) in [5.41, 5.74) is 0.993. The summed E-state index contributed by atoms with van der Waals surface area (Å²) in [6.45, 7) is 3.86. The molecule has 2 amide bonds. The molecular formula is C20H22N2O3. The van der Waals surface area contributed by atoms with Gasteiger partial charge in [0.1, 0.15) is 0 Å². The Hall–Kier alpha value is -2.56. The summed E-state index contributed by atoms with van der Waals surface area (Å²) >= 11 is 0. The van der Waals surface area contributed by atoms with E-state index in [1.807, 2.05) is 50.3 Å². The van der Waals surface area contributed by atoms with Gasteiger partial charge < -0.3 is 10.1 Å². The number of carbonyl (C=O) groups is 2. The topological polar surface area (TPSA) is 58.6 Å². The number of amides is 2. The Balaban J connectivity index is 1.59. The summed E-state index contributed by atoms with van der Waals surface area (Å²) in [7, 11) is 0. The average molecular weight is 338 g/mol. The molecule has 0 aromatic heterocycles. The maximum absolute atomic E-state index is 12.8. The smallest absolute Gasteiger partial charge is 0.251 e. The Kier molecular flexibility index (Phi) is 3.67. The molecule has 5 nitrogen and oxygen atoms in total. The Morgan fingerprint density at radius 3 is 2.76 bits per heavy atom. The molecule has 1 aromatic carbocycles. The summed E-state index contributed by atoms with van der Waals surface area (Å²) in [4.78, 5) is 26.7. The number of fused-ring (bicyclic) bond motifs is 1. The number of para-hydroxylation sites is 1. The summed E-state index contributed by atoms with van der Waals surface area (Å²) < 4.78 is 5.99. The largest absolute Gasteiger partial charge is 0.477 e. The van der Waals surface area contributed by atoms with E-state index in [2.05, 4.69) is 11.4 Å². The maximum atomic E-state index is 12.8. The molecule has 3 aliphatic rings. The van der Waals surface area contributed by atoms with Gasteiger partial charge in [0.05, 0.1) is 17.9 Å². The lowest BCUT2D eigenvalue weighted by atomic mass is 9.91. The van der Waals surface area contributed by atoms with Crippen molar-refractivity contribution >= 4 is 17.5 Å². The van der Waals surface area contributed by atoms with E-state index < -0.39 is 11.6 Å². The second-order valence-electron chi connectivity index (χ2n) is 7.53. The second-order valence-corrected chi connectivity index (χ2v) is 7.53. The van der Waals surface area contributed by atoms with E-state index in [-0.39, 0.29) is 23.8 Å². The van der Waals surface area contributed by atoms with Crippen molar-refractivity contribution in [2.75, 3.05) is 4.90 Å². The van der Waals surface area contributed by atoms with E-state index in [0.29, 0.717) is 12.0 Å². The molecule has 0 saturated carbocycles. The van der Waals surface area contributed by atoms with Crippen LogP contribution in [0.15, 0.2) is 54.3 Å². The standard InChI is InChI=1S/C20H22N2O3/c1-20(2)11-17(22(19(20)24)13-7-4-3-5-8-13)25-12-15-14-9-6-10-16(14)21-18(15)23/h3-8,10,12,14,16-17H,9,11H2,1-2H3,(H,21,23). The van der Waals surface area contributed by atoms with Crippen LogP contribution in [-0.2, 0) is 14.3 Å². The van der Waals surface area contributed by atoms with Crippen LogP contribution < -0.4 is 10.2 Å². The van der Waals surface area contributed by atoms with Crippen LogP contribution in [0.2, 0.25) is 0 Å². The fourth-order valence-corrected chi connectivity index (χ4v) is 3.87. The number of rotatable bonds is 3. The molecule has 1 N–H and O–H groups in total. The number of anilines is 1. The number of carbonyl (C=O) groups excluding carboxylic acids is 2. The first-order valence-corrected chi connectivity index (χ1v) is 8.69. The van der Waals surface area contributed by atoms with E-state index in [0.717, 1.165) is 12.1 Å². The minimum Gasteiger partial charge on any atom is -0.477 e.